The maximum absolute atomic E-state index is 3.73. The number of hydrogen-bond donors (Lipinski definition) is 3. The van der Waals surface area contributed by atoms with E-state index < -0.39 is 0 Å². The van der Waals surface area contributed by atoms with Crippen LogP contribution in [0.2, 0.25) is 0 Å². The van der Waals surface area contributed by atoms with Crippen LogP contribution in [0.4, 0.5) is 34.1 Å². The Balaban J connectivity index is 0.000000109. The van der Waals surface area contributed by atoms with Crippen LogP contribution in [-0.2, 0) is 21.7 Å². The SMILES string of the molecule is CC1(C)c2ccccc2-c2cc(Nc3ccc(-c4ccc5c(c4)C(C)(C)c4ccccc4-5)cc3)ccc21.CC1(C)c2ccccc2-c2ccc(Nc3ccc4c(c3)sc3ccccc34)cc21.CC1(C)c2ccccc2-c2ccc(Nc3cccc4sc5ccccc5c34)cc21. The van der Waals surface area contributed by atoms with Gasteiger partial charge in [0.25, 0.3) is 0 Å². The van der Waals surface area contributed by atoms with Gasteiger partial charge in [-0.25, -0.2) is 0 Å². The van der Waals surface area contributed by atoms with Gasteiger partial charge in [-0.05, 0) is 191 Å². The zero-order valence-electron chi connectivity index (χ0n) is 54.9. The molecule has 0 fully saturated rings. The molecule has 15 aromatic rings. The lowest BCUT2D eigenvalue weighted by Gasteiger charge is -2.22. The molecule has 0 saturated carbocycles. The highest BCUT2D eigenvalue weighted by molar-refractivity contribution is 7.26. The van der Waals surface area contributed by atoms with Crippen molar-refractivity contribution in [1.82, 2.24) is 0 Å². The Morgan fingerprint density at radius 2 is 0.589 bits per heavy atom. The summed E-state index contributed by atoms with van der Waals surface area (Å²) in [6, 6.07) is 102. The maximum Gasteiger partial charge on any atom is 0.0478 e. The summed E-state index contributed by atoms with van der Waals surface area (Å²) < 4.78 is 5.33. The van der Waals surface area contributed by atoms with Crippen molar-refractivity contribution in [2.75, 3.05) is 16.0 Å². The van der Waals surface area contributed by atoms with E-state index in [4.69, 9.17) is 0 Å². The van der Waals surface area contributed by atoms with Gasteiger partial charge in [0.05, 0.1) is 0 Å². The molecule has 0 atom stereocenters. The zero-order valence-corrected chi connectivity index (χ0v) is 56.5. The van der Waals surface area contributed by atoms with Gasteiger partial charge >= 0.3 is 0 Å². The molecule has 4 aliphatic carbocycles. The predicted octanol–water partition coefficient (Wildman–Crippen LogP) is 25.9. The molecule has 0 bridgehead atoms. The van der Waals surface area contributed by atoms with E-state index in [2.05, 4.69) is 350 Å². The summed E-state index contributed by atoms with van der Waals surface area (Å²) in [6.07, 6.45) is 0. The predicted molar refractivity (Wildman–Crippen MR) is 410 cm³/mol. The van der Waals surface area contributed by atoms with Gasteiger partial charge in [0.1, 0.15) is 0 Å². The van der Waals surface area contributed by atoms with Crippen molar-refractivity contribution in [3.05, 3.63) is 324 Å². The molecule has 5 heteroatoms. The molecule has 2 heterocycles. The average molecular weight is 1260 g/mol. The minimum atomic E-state index is 0.0180. The van der Waals surface area contributed by atoms with Crippen LogP contribution in [0.1, 0.15) is 99.9 Å². The first-order valence-electron chi connectivity index (χ1n) is 33.3. The molecule has 3 N–H and O–H groups in total. The molecule has 0 saturated heterocycles. The fourth-order valence-corrected chi connectivity index (χ4v) is 18.4. The van der Waals surface area contributed by atoms with Crippen molar-refractivity contribution in [2.45, 2.75) is 77.0 Å². The maximum atomic E-state index is 3.73. The average Bonchev–Trinajstić information content (AvgIpc) is 1.62. The molecule has 3 nitrogen and oxygen atoms in total. The van der Waals surface area contributed by atoms with Gasteiger partial charge in [-0.15, -0.1) is 22.7 Å². The number of thiophene rings is 2. The molecule has 4 aliphatic rings. The van der Waals surface area contributed by atoms with Crippen LogP contribution >= 0.6 is 22.7 Å². The molecule has 460 valence electrons. The normalized spacial score (nSPS) is 14.7. The van der Waals surface area contributed by atoms with Gasteiger partial charge in [-0.2, -0.15) is 0 Å². The molecular weight excluding hydrogens is 1190 g/mol. The van der Waals surface area contributed by atoms with E-state index >= 15 is 0 Å². The molecule has 0 radical (unpaired) electrons. The first-order valence-corrected chi connectivity index (χ1v) is 34.9. The molecule has 95 heavy (non-hydrogen) atoms. The second-order valence-corrected chi connectivity index (χ2v) is 30.4. The first-order chi connectivity index (χ1) is 46.1. The molecular formula is C90H73N3S2. The van der Waals surface area contributed by atoms with Crippen molar-refractivity contribution in [1.29, 1.82) is 0 Å². The number of nitrogens with one attached hydrogen (secondary N) is 3. The summed E-state index contributed by atoms with van der Waals surface area (Å²) in [6.45, 7) is 18.6. The van der Waals surface area contributed by atoms with Crippen molar-refractivity contribution < 1.29 is 0 Å². The van der Waals surface area contributed by atoms with E-state index in [-0.39, 0.29) is 21.7 Å². The largest absolute Gasteiger partial charge is 0.356 e. The highest BCUT2D eigenvalue weighted by atomic mass is 32.1. The molecule has 0 aliphatic heterocycles. The fourth-order valence-electron chi connectivity index (χ4n) is 16.2. The Bertz CT molecular complexity index is 5600. The number of anilines is 6. The van der Waals surface area contributed by atoms with Crippen molar-refractivity contribution in [2.24, 2.45) is 0 Å². The van der Waals surface area contributed by atoms with Gasteiger partial charge in [0.2, 0.25) is 0 Å². The van der Waals surface area contributed by atoms with Crippen LogP contribution < -0.4 is 16.0 Å². The summed E-state index contributed by atoms with van der Waals surface area (Å²) in [5.74, 6) is 0. The van der Waals surface area contributed by atoms with Gasteiger partial charge in [-0.3, -0.25) is 0 Å². The Kier molecular flexibility index (Phi) is 13.7. The summed E-state index contributed by atoms with van der Waals surface area (Å²) in [5, 5.41) is 16.3. The molecule has 0 unspecified atom stereocenters. The van der Waals surface area contributed by atoms with Crippen molar-refractivity contribution in [3.63, 3.8) is 0 Å². The second-order valence-electron chi connectivity index (χ2n) is 28.3. The van der Waals surface area contributed by atoms with Gasteiger partial charge in [0.15, 0.2) is 0 Å². The Morgan fingerprint density at radius 1 is 0.221 bits per heavy atom. The smallest absolute Gasteiger partial charge is 0.0478 e. The van der Waals surface area contributed by atoms with Gasteiger partial charge < -0.3 is 16.0 Å². The van der Waals surface area contributed by atoms with E-state index in [1.807, 2.05) is 22.7 Å². The second kappa shape index (κ2) is 22.2. The highest BCUT2D eigenvalue weighted by Crippen LogP contribution is 2.54. The quantitative estimate of drug-likeness (QED) is 0.149. The third-order valence-electron chi connectivity index (χ3n) is 21.2. The van der Waals surface area contributed by atoms with Crippen LogP contribution in [0.3, 0.4) is 0 Å². The minimum absolute atomic E-state index is 0.0180. The summed E-state index contributed by atoms with van der Waals surface area (Å²) in [4.78, 5) is 0. The Hall–Kier alpha value is -10.3. The van der Waals surface area contributed by atoms with Crippen molar-refractivity contribution >= 4 is 97.1 Å². The van der Waals surface area contributed by atoms with Crippen molar-refractivity contribution in [3.8, 4) is 55.6 Å². The van der Waals surface area contributed by atoms with E-state index in [0.717, 1.165) is 28.4 Å². The molecule has 19 rings (SSSR count). The topological polar surface area (TPSA) is 36.1 Å². The zero-order chi connectivity index (χ0) is 64.5. The number of fused-ring (bicyclic) bond motifs is 18. The lowest BCUT2D eigenvalue weighted by molar-refractivity contribution is 0.660. The van der Waals surface area contributed by atoms with Crippen LogP contribution in [0.15, 0.2) is 279 Å². The molecule has 0 spiro atoms. The number of benzene rings is 13. The standard InChI is InChI=1S/C36H31N.2C27H21NS/c1-35(2)32-12-8-6-10-28(32)30-22-26(18-20-33(30)35)37-25-16-13-23(14-17-25)24-15-19-29-27-9-5-7-11-31(27)36(3,4)34(29)21-24;1-27(2)21-10-5-3-8-18(21)19-15-14-17(16-22(19)27)28-23-11-7-13-25-26(23)20-9-4-6-12-24(20)29-25;1-27(2)23-9-5-3-7-19(23)20-13-11-17(15-24(20)27)28-18-12-14-22-21-8-4-6-10-25(21)29-26(22)16-18/h5-22,37H,1-4H3;2*3-16,28H,1-2H3. The Labute approximate surface area is 565 Å². The van der Waals surface area contributed by atoms with Crippen LogP contribution in [-0.4, -0.2) is 0 Å². The number of hydrogen-bond acceptors (Lipinski definition) is 5. The Morgan fingerprint density at radius 3 is 1.19 bits per heavy atom. The van der Waals surface area contributed by atoms with E-state index in [1.165, 1.54) is 146 Å². The summed E-state index contributed by atoms with van der Waals surface area (Å²) >= 11 is 3.72. The highest BCUT2D eigenvalue weighted by Gasteiger charge is 2.39. The number of rotatable bonds is 7. The summed E-state index contributed by atoms with van der Waals surface area (Å²) in [7, 11) is 0. The lowest BCUT2D eigenvalue weighted by atomic mass is 9.81. The van der Waals surface area contributed by atoms with E-state index in [0.29, 0.717) is 0 Å². The monoisotopic (exact) mass is 1260 g/mol. The first kappa shape index (κ1) is 58.5. The molecule has 13 aromatic carbocycles. The molecule has 2 aromatic heterocycles. The fraction of sp³-hybridized carbons (Fsp3) is 0.133. The van der Waals surface area contributed by atoms with Gasteiger partial charge in [-0.1, -0.05) is 243 Å². The van der Waals surface area contributed by atoms with Gasteiger partial charge in [0, 0.05) is 96.1 Å². The minimum Gasteiger partial charge on any atom is -0.356 e. The van der Waals surface area contributed by atoms with Crippen LogP contribution in [0.5, 0.6) is 0 Å². The van der Waals surface area contributed by atoms with Crippen LogP contribution in [0, 0.1) is 0 Å². The van der Waals surface area contributed by atoms with E-state index in [1.54, 1.807) is 0 Å². The van der Waals surface area contributed by atoms with Crippen LogP contribution in [0.25, 0.3) is 96.0 Å². The van der Waals surface area contributed by atoms with E-state index in [9.17, 15) is 0 Å². The third kappa shape index (κ3) is 9.64. The summed E-state index contributed by atoms with van der Waals surface area (Å²) in [5.41, 5.74) is 31.6. The lowest BCUT2D eigenvalue weighted by Crippen LogP contribution is -2.15. The third-order valence-corrected chi connectivity index (χ3v) is 23.5. The molecule has 0 amide bonds.